The highest BCUT2D eigenvalue weighted by molar-refractivity contribution is 5.91. The van der Waals surface area contributed by atoms with E-state index in [-0.39, 0.29) is 5.91 Å². The number of nitrogens with zero attached hydrogens (tertiary/aromatic N) is 1. The molecule has 0 aromatic heterocycles. The van der Waals surface area contributed by atoms with Crippen molar-refractivity contribution in [3.8, 4) is 5.75 Å². The summed E-state index contributed by atoms with van der Waals surface area (Å²) in [5.41, 5.74) is 1.82. The summed E-state index contributed by atoms with van der Waals surface area (Å²) in [7, 11) is 1.66. The minimum atomic E-state index is 0.0191. The Labute approximate surface area is 109 Å². The lowest BCUT2D eigenvalue weighted by atomic mass is 10.2. The van der Waals surface area contributed by atoms with Gasteiger partial charge >= 0.3 is 0 Å². The summed E-state index contributed by atoms with van der Waals surface area (Å²) in [6.07, 6.45) is 0.479. The molecule has 0 aliphatic heterocycles. The van der Waals surface area contributed by atoms with Crippen molar-refractivity contribution in [2.75, 3.05) is 30.4 Å². The maximum Gasteiger partial charge on any atom is 0.224 e. The Morgan fingerprint density at radius 1 is 1.28 bits per heavy atom. The molecule has 0 saturated carbocycles. The maximum absolute atomic E-state index is 11.4. The Morgan fingerprint density at radius 3 is 2.44 bits per heavy atom. The van der Waals surface area contributed by atoms with Gasteiger partial charge in [0, 0.05) is 25.2 Å². The summed E-state index contributed by atoms with van der Waals surface area (Å²) in [5.74, 6) is 0.846. The van der Waals surface area contributed by atoms with Crippen LogP contribution in [0.4, 0.5) is 11.4 Å². The minimum absolute atomic E-state index is 0.0191. The van der Waals surface area contributed by atoms with Crippen LogP contribution in [0, 0.1) is 0 Å². The van der Waals surface area contributed by atoms with E-state index in [4.69, 9.17) is 4.74 Å². The third kappa shape index (κ3) is 3.39. The van der Waals surface area contributed by atoms with Crippen LogP contribution in [0.5, 0.6) is 5.75 Å². The second-order valence-corrected chi connectivity index (χ2v) is 3.96. The van der Waals surface area contributed by atoms with E-state index in [2.05, 4.69) is 24.1 Å². The van der Waals surface area contributed by atoms with Crippen molar-refractivity contribution < 1.29 is 9.53 Å². The number of carbonyl (C=O) groups is 1. The van der Waals surface area contributed by atoms with E-state index in [1.807, 2.05) is 25.1 Å². The lowest BCUT2D eigenvalue weighted by molar-refractivity contribution is -0.115. The molecule has 100 valence electrons. The molecular weight excluding hydrogens is 228 g/mol. The zero-order valence-electron chi connectivity index (χ0n) is 11.6. The van der Waals surface area contributed by atoms with Gasteiger partial charge in [0.25, 0.3) is 0 Å². The van der Waals surface area contributed by atoms with Gasteiger partial charge in [0.15, 0.2) is 0 Å². The number of carbonyl (C=O) groups excluding carboxylic acids is 1. The van der Waals surface area contributed by atoms with E-state index in [0.29, 0.717) is 6.42 Å². The third-order valence-electron chi connectivity index (χ3n) is 2.89. The first-order chi connectivity index (χ1) is 8.65. The number of amides is 1. The molecule has 1 aromatic carbocycles. The van der Waals surface area contributed by atoms with Crippen LogP contribution in [-0.4, -0.2) is 26.1 Å². The first-order valence-corrected chi connectivity index (χ1v) is 6.39. The van der Waals surface area contributed by atoms with E-state index in [0.717, 1.165) is 30.2 Å². The Hall–Kier alpha value is -1.71. The molecule has 0 aliphatic rings. The summed E-state index contributed by atoms with van der Waals surface area (Å²) < 4.78 is 5.36. The molecule has 0 radical (unpaired) electrons. The predicted molar refractivity (Wildman–Crippen MR) is 75.5 cm³/mol. The molecule has 0 atom stereocenters. The van der Waals surface area contributed by atoms with Gasteiger partial charge in [-0.15, -0.1) is 0 Å². The van der Waals surface area contributed by atoms with Crippen LogP contribution in [0.3, 0.4) is 0 Å². The zero-order valence-corrected chi connectivity index (χ0v) is 11.6. The van der Waals surface area contributed by atoms with E-state index in [1.165, 1.54) is 0 Å². The molecule has 0 unspecified atom stereocenters. The first kappa shape index (κ1) is 14.4. The summed E-state index contributed by atoms with van der Waals surface area (Å²) >= 11 is 0. The maximum atomic E-state index is 11.4. The molecule has 1 rings (SSSR count). The first-order valence-electron chi connectivity index (χ1n) is 6.39. The molecule has 0 saturated heterocycles. The van der Waals surface area contributed by atoms with Gasteiger partial charge in [0.05, 0.1) is 12.8 Å². The monoisotopic (exact) mass is 250 g/mol. The van der Waals surface area contributed by atoms with E-state index < -0.39 is 0 Å². The van der Waals surface area contributed by atoms with Crippen molar-refractivity contribution >= 4 is 17.3 Å². The smallest absolute Gasteiger partial charge is 0.224 e. The molecule has 4 heteroatoms. The Kier molecular flexibility index (Phi) is 5.49. The fourth-order valence-electron chi connectivity index (χ4n) is 1.83. The van der Waals surface area contributed by atoms with Gasteiger partial charge in [0.2, 0.25) is 5.91 Å². The van der Waals surface area contributed by atoms with Gasteiger partial charge in [0.1, 0.15) is 5.75 Å². The molecular formula is C14H22N2O2. The van der Waals surface area contributed by atoms with Crippen molar-refractivity contribution in [1.29, 1.82) is 0 Å². The third-order valence-corrected chi connectivity index (χ3v) is 2.89. The number of hydrogen-bond donors (Lipinski definition) is 1. The Balaban J connectivity index is 3.04. The Bertz CT molecular complexity index is 401. The zero-order chi connectivity index (χ0) is 13.5. The number of nitrogens with one attached hydrogen (secondary N) is 1. The summed E-state index contributed by atoms with van der Waals surface area (Å²) in [5, 5.41) is 2.87. The number of rotatable bonds is 6. The standard InChI is InChI=1S/C14H22N2O2/c1-5-14(17)15-11-8-9-13(18-4)12(10-11)16(6-2)7-3/h8-10H,5-7H2,1-4H3,(H,15,17). The van der Waals surface area contributed by atoms with Crippen LogP contribution in [0.1, 0.15) is 27.2 Å². The normalized spacial score (nSPS) is 10.0. The van der Waals surface area contributed by atoms with Gasteiger partial charge in [-0.25, -0.2) is 0 Å². The number of anilines is 2. The van der Waals surface area contributed by atoms with Crippen molar-refractivity contribution in [2.45, 2.75) is 27.2 Å². The van der Waals surface area contributed by atoms with Crippen molar-refractivity contribution in [1.82, 2.24) is 0 Å². The molecule has 18 heavy (non-hydrogen) atoms. The van der Waals surface area contributed by atoms with Crippen LogP contribution >= 0.6 is 0 Å². The van der Waals surface area contributed by atoms with Gasteiger partial charge in [-0.2, -0.15) is 0 Å². The predicted octanol–water partition coefficient (Wildman–Crippen LogP) is 2.89. The molecule has 0 heterocycles. The molecule has 1 amide bonds. The van der Waals surface area contributed by atoms with Crippen molar-refractivity contribution in [2.24, 2.45) is 0 Å². The van der Waals surface area contributed by atoms with Gasteiger partial charge in [-0.1, -0.05) is 6.92 Å². The summed E-state index contributed by atoms with van der Waals surface area (Å²) in [6.45, 7) is 7.83. The van der Waals surface area contributed by atoms with E-state index in [9.17, 15) is 4.79 Å². The number of ether oxygens (including phenoxy) is 1. The average Bonchev–Trinajstić information content (AvgIpc) is 2.40. The summed E-state index contributed by atoms with van der Waals surface area (Å²) in [4.78, 5) is 13.6. The molecule has 0 spiro atoms. The second kappa shape index (κ2) is 6.89. The number of benzene rings is 1. The highest BCUT2D eigenvalue weighted by Gasteiger charge is 2.10. The highest BCUT2D eigenvalue weighted by atomic mass is 16.5. The molecule has 0 aliphatic carbocycles. The minimum Gasteiger partial charge on any atom is -0.495 e. The van der Waals surface area contributed by atoms with Crippen LogP contribution < -0.4 is 15.0 Å². The van der Waals surface area contributed by atoms with Crippen LogP contribution in [0.15, 0.2) is 18.2 Å². The lowest BCUT2D eigenvalue weighted by Gasteiger charge is -2.24. The fourth-order valence-corrected chi connectivity index (χ4v) is 1.83. The molecule has 1 N–H and O–H groups in total. The van der Waals surface area contributed by atoms with Gasteiger partial charge in [-0.3, -0.25) is 4.79 Å². The van der Waals surface area contributed by atoms with Gasteiger partial charge < -0.3 is 15.0 Å². The lowest BCUT2D eigenvalue weighted by Crippen LogP contribution is -2.22. The van der Waals surface area contributed by atoms with Crippen LogP contribution in [0.25, 0.3) is 0 Å². The molecule has 4 nitrogen and oxygen atoms in total. The second-order valence-electron chi connectivity index (χ2n) is 3.96. The molecule has 0 fully saturated rings. The quantitative estimate of drug-likeness (QED) is 0.844. The Morgan fingerprint density at radius 2 is 1.94 bits per heavy atom. The van der Waals surface area contributed by atoms with Gasteiger partial charge in [-0.05, 0) is 32.0 Å². The molecule has 0 bridgehead atoms. The topological polar surface area (TPSA) is 41.6 Å². The van der Waals surface area contributed by atoms with E-state index in [1.54, 1.807) is 7.11 Å². The number of hydrogen-bond acceptors (Lipinski definition) is 3. The average molecular weight is 250 g/mol. The van der Waals surface area contributed by atoms with Crippen molar-refractivity contribution in [3.63, 3.8) is 0 Å². The fraction of sp³-hybridized carbons (Fsp3) is 0.500. The van der Waals surface area contributed by atoms with Crippen LogP contribution in [0.2, 0.25) is 0 Å². The SMILES string of the molecule is CCC(=O)Nc1ccc(OC)c(N(CC)CC)c1. The summed E-state index contributed by atoms with van der Waals surface area (Å²) in [6, 6.07) is 5.71. The largest absolute Gasteiger partial charge is 0.495 e. The van der Waals surface area contributed by atoms with Crippen LogP contribution in [-0.2, 0) is 4.79 Å². The molecule has 1 aromatic rings. The van der Waals surface area contributed by atoms with Crippen molar-refractivity contribution in [3.05, 3.63) is 18.2 Å². The number of methoxy groups -OCH3 is 1. The van der Waals surface area contributed by atoms with E-state index >= 15 is 0 Å². The highest BCUT2D eigenvalue weighted by Crippen LogP contribution is 2.31.